The topological polar surface area (TPSA) is 69.2 Å². The van der Waals surface area contributed by atoms with Gasteiger partial charge in [0.2, 0.25) is 5.78 Å². The van der Waals surface area contributed by atoms with Crippen LogP contribution in [-0.2, 0) is 4.74 Å². The zero-order chi connectivity index (χ0) is 17.0. The van der Waals surface area contributed by atoms with E-state index in [-0.39, 0.29) is 16.3 Å². The zero-order valence-electron chi connectivity index (χ0n) is 12.2. The van der Waals surface area contributed by atoms with Crippen LogP contribution in [0.1, 0.15) is 27.8 Å². The molecule has 0 saturated heterocycles. The first-order valence-electron chi connectivity index (χ1n) is 6.49. The maximum absolute atomic E-state index is 12.9. The molecule has 0 bridgehead atoms. The second-order valence-corrected chi connectivity index (χ2v) is 5.65. The Hall–Kier alpha value is -1.99. The summed E-state index contributed by atoms with van der Waals surface area (Å²) in [6, 6.07) is 4.97. The second kappa shape index (κ2) is 7.52. The summed E-state index contributed by atoms with van der Waals surface area (Å²) in [5.74, 6) is -1.73. The quantitative estimate of drug-likeness (QED) is 0.354. The van der Waals surface area contributed by atoms with Crippen molar-refractivity contribution in [2.75, 3.05) is 6.26 Å². The summed E-state index contributed by atoms with van der Waals surface area (Å²) in [4.78, 5) is 32.2. The first-order valence-corrected chi connectivity index (χ1v) is 8.10. The normalized spacial score (nSPS) is 11.8. The minimum absolute atomic E-state index is 0.0363. The van der Waals surface area contributed by atoms with Crippen molar-refractivity contribution in [2.24, 2.45) is 0 Å². The lowest BCUT2D eigenvalue weighted by molar-refractivity contribution is 0.0312. The fourth-order valence-corrected chi connectivity index (χ4v) is 2.22. The predicted octanol–water partition coefficient (Wildman–Crippen LogP) is 3.42. The SMILES string of the molecule is CSc1ncc(Cl)c(C(=O)O[C@H](C)C(=O)c2ccc(F)cc2)n1. The Morgan fingerprint density at radius 2 is 1.96 bits per heavy atom. The zero-order valence-corrected chi connectivity index (χ0v) is 13.8. The molecule has 0 N–H and O–H groups in total. The van der Waals surface area contributed by atoms with Gasteiger partial charge in [0, 0.05) is 5.56 Å². The van der Waals surface area contributed by atoms with Gasteiger partial charge in [-0.15, -0.1) is 0 Å². The Kier molecular flexibility index (Phi) is 5.68. The van der Waals surface area contributed by atoms with Crippen LogP contribution in [0, 0.1) is 5.82 Å². The van der Waals surface area contributed by atoms with E-state index in [1.165, 1.54) is 37.0 Å². The van der Waals surface area contributed by atoms with Gasteiger partial charge in [0.25, 0.3) is 0 Å². The van der Waals surface area contributed by atoms with Gasteiger partial charge in [-0.25, -0.2) is 19.2 Å². The molecule has 8 heteroatoms. The van der Waals surface area contributed by atoms with Crippen LogP contribution in [0.2, 0.25) is 5.02 Å². The highest BCUT2D eigenvalue weighted by atomic mass is 35.5. The number of Topliss-reactive ketones (excluding diaryl/α,β-unsaturated/α-hetero) is 1. The summed E-state index contributed by atoms with van der Waals surface area (Å²) >= 11 is 7.13. The highest BCUT2D eigenvalue weighted by Gasteiger charge is 2.23. The molecule has 1 atom stereocenters. The number of ether oxygens (including phenoxy) is 1. The number of carbonyl (C=O) groups is 2. The molecule has 0 fully saturated rings. The van der Waals surface area contributed by atoms with Crippen molar-refractivity contribution in [3.8, 4) is 0 Å². The summed E-state index contributed by atoms with van der Waals surface area (Å²) in [7, 11) is 0. The van der Waals surface area contributed by atoms with Crippen LogP contribution in [0.15, 0.2) is 35.6 Å². The van der Waals surface area contributed by atoms with Gasteiger partial charge in [0.05, 0.1) is 11.2 Å². The number of hydrogen-bond donors (Lipinski definition) is 0. The fourth-order valence-electron chi connectivity index (χ4n) is 1.71. The van der Waals surface area contributed by atoms with Gasteiger partial charge in [-0.2, -0.15) is 0 Å². The summed E-state index contributed by atoms with van der Waals surface area (Å²) in [6.45, 7) is 1.42. The summed E-state index contributed by atoms with van der Waals surface area (Å²) in [5.41, 5.74) is 0.134. The van der Waals surface area contributed by atoms with E-state index in [0.717, 1.165) is 12.1 Å². The van der Waals surface area contributed by atoms with Gasteiger partial charge < -0.3 is 4.74 Å². The monoisotopic (exact) mass is 354 g/mol. The molecule has 0 saturated carbocycles. The van der Waals surface area contributed by atoms with Crippen molar-refractivity contribution >= 4 is 35.1 Å². The lowest BCUT2D eigenvalue weighted by Gasteiger charge is -2.12. The number of benzene rings is 1. The Morgan fingerprint density at radius 1 is 1.30 bits per heavy atom. The minimum Gasteiger partial charge on any atom is -0.449 e. The molecule has 0 aliphatic rings. The average molecular weight is 355 g/mol. The molecular formula is C15H12ClFN2O3S. The van der Waals surface area contributed by atoms with Crippen LogP contribution in [0.25, 0.3) is 0 Å². The van der Waals surface area contributed by atoms with Crippen LogP contribution >= 0.6 is 23.4 Å². The van der Waals surface area contributed by atoms with E-state index in [4.69, 9.17) is 16.3 Å². The number of nitrogens with zero attached hydrogens (tertiary/aromatic N) is 2. The lowest BCUT2D eigenvalue weighted by atomic mass is 10.1. The van der Waals surface area contributed by atoms with Crippen molar-refractivity contribution in [1.29, 1.82) is 0 Å². The molecular weight excluding hydrogens is 343 g/mol. The van der Waals surface area contributed by atoms with Gasteiger partial charge in [-0.1, -0.05) is 23.4 Å². The summed E-state index contributed by atoms with van der Waals surface area (Å²) < 4.78 is 18.0. The predicted molar refractivity (Wildman–Crippen MR) is 84.4 cm³/mol. The number of rotatable bonds is 5. The van der Waals surface area contributed by atoms with Gasteiger partial charge in [-0.05, 0) is 37.4 Å². The molecule has 0 spiro atoms. The molecule has 0 radical (unpaired) electrons. The molecule has 1 heterocycles. The molecule has 23 heavy (non-hydrogen) atoms. The molecule has 5 nitrogen and oxygen atoms in total. The molecule has 0 amide bonds. The van der Waals surface area contributed by atoms with Crippen LogP contribution in [0.3, 0.4) is 0 Å². The smallest absolute Gasteiger partial charge is 0.359 e. The van der Waals surface area contributed by atoms with E-state index in [2.05, 4.69) is 9.97 Å². The van der Waals surface area contributed by atoms with Crippen molar-refractivity contribution in [2.45, 2.75) is 18.2 Å². The van der Waals surface area contributed by atoms with Crippen molar-refractivity contribution < 1.29 is 18.7 Å². The Bertz CT molecular complexity index is 740. The van der Waals surface area contributed by atoms with Gasteiger partial charge in [0.15, 0.2) is 17.0 Å². The van der Waals surface area contributed by atoms with Crippen LogP contribution in [0.5, 0.6) is 0 Å². The third kappa shape index (κ3) is 4.27. The lowest BCUT2D eigenvalue weighted by Crippen LogP contribution is -2.25. The Labute approximate surface area is 141 Å². The molecule has 1 aromatic heterocycles. The summed E-state index contributed by atoms with van der Waals surface area (Å²) in [5, 5.41) is 0.396. The molecule has 1 aromatic carbocycles. The van der Waals surface area contributed by atoms with Crippen LogP contribution in [0.4, 0.5) is 4.39 Å². The van der Waals surface area contributed by atoms with Crippen molar-refractivity contribution in [1.82, 2.24) is 9.97 Å². The number of aromatic nitrogens is 2. The Morgan fingerprint density at radius 3 is 2.57 bits per heavy atom. The molecule has 0 unspecified atom stereocenters. The third-order valence-electron chi connectivity index (χ3n) is 2.88. The largest absolute Gasteiger partial charge is 0.449 e. The highest BCUT2D eigenvalue weighted by molar-refractivity contribution is 7.98. The van der Waals surface area contributed by atoms with E-state index >= 15 is 0 Å². The first kappa shape index (κ1) is 17.4. The Balaban J connectivity index is 2.13. The van der Waals surface area contributed by atoms with E-state index in [1.807, 2.05) is 0 Å². The van der Waals surface area contributed by atoms with E-state index in [9.17, 15) is 14.0 Å². The molecule has 2 rings (SSSR count). The fraction of sp³-hybridized carbons (Fsp3) is 0.200. The van der Waals surface area contributed by atoms with Gasteiger partial charge in [-0.3, -0.25) is 4.79 Å². The molecule has 120 valence electrons. The average Bonchev–Trinajstić information content (AvgIpc) is 2.55. The molecule has 0 aliphatic carbocycles. The third-order valence-corrected chi connectivity index (χ3v) is 3.72. The second-order valence-electron chi connectivity index (χ2n) is 4.47. The standard InChI is InChI=1S/C15H12ClFN2O3S/c1-8(13(20)9-3-5-10(17)6-4-9)22-14(21)12-11(16)7-18-15(19-12)23-2/h3-8H,1-2H3/t8-/m1/s1. The number of carbonyl (C=O) groups excluding carboxylic acids is 2. The van der Waals surface area contributed by atoms with E-state index in [0.29, 0.717) is 5.16 Å². The number of hydrogen-bond acceptors (Lipinski definition) is 6. The van der Waals surface area contributed by atoms with E-state index < -0.39 is 23.7 Å². The first-order chi connectivity index (χ1) is 10.9. The number of halogens is 2. The van der Waals surface area contributed by atoms with Crippen molar-refractivity contribution in [3.63, 3.8) is 0 Å². The van der Waals surface area contributed by atoms with Gasteiger partial charge in [0.1, 0.15) is 5.82 Å². The highest BCUT2D eigenvalue weighted by Crippen LogP contribution is 2.18. The van der Waals surface area contributed by atoms with Crippen LogP contribution < -0.4 is 0 Å². The van der Waals surface area contributed by atoms with E-state index in [1.54, 1.807) is 6.26 Å². The molecule has 0 aliphatic heterocycles. The number of esters is 1. The summed E-state index contributed by atoms with van der Waals surface area (Å²) in [6.07, 6.45) is 1.99. The van der Waals surface area contributed by atoms with Gasteiger partial charge >= 0.3 is 5.97 Å². The maximum atomic E-state index is 12.9. The molecule has 2 aromatic rings. The number of thioether (sulfide) groups is 1. The maximum Gasteiger partial charge on any atom is 0.359 e. The van der Waals surface area contributed by atoms with Crippen LogP contribution in [-0.4, -0.2) is 34.1 Å². The minimum atomic E-state index is -1.06. The number of ketones is 1. The van der Waals surface area contributed by atoms with Crippen molar-refractivity contribution in [3.05, 3.63) is 52.6 Å².